The van der Waals surface area contributed by atoms with Crippen LogP contribution < -0.4 is 4.90 Å². The van der Waals surface area contributed by atoms with Crippen LogP contribution >= 0.6 is 22.9 Å². The Hall–Kier alpha value is -0.920. The molecule has 0 spiro atoms. The van der Waals surface area contributed by atoms with E-state index in [9.17, 15) is 9.90 Å². The highest BCUT2D eigenvalue weighted by molar-refractivity contribution is 7.19. The molecule has 2 aliphatic rings. The van der Waals surface area contributed by atoms with Gasteiger partial charge < -0.3 is 14.7 Å². The highest BCUT2D eigenvalue weighted by Crippen LogP contribution is 2.54. The molecule has 2 heterocycles. The second-order valence-electron chi connectivity index (χ2n) is 5.78. The summed E-state index contributed by atoms with van der Waals surface area (Å²) in [5, 5.41) is 19.6. The number of methoxy groups -OCH3 is 1. The highest BCUT2D eigenvalue weighted by atomic mass is 35.5. The average Bonchev–Trinajstić information content (AvgIpc) is 2.84. The van der Waals surface area contributed by atoms with E-state index in [2.05, 4.69) is 15.1 Å². The third-order valence-corrected chi connectivity index (χ3v) is 6.00. The summed E-state index contributed by atoms with van der Waals surface area (Å²) in [7, 11) is 1.39. The van der Waals surface area contributed by atoms with Gasteiger partial charge in [0.15, 0.2) is 0 Å². The van der Waals surface area contributed by atoms with Crippen LogP contribution in [0.25, 0.3) is 0 Å². The molecule has 8 heteroatoms. The minimum absolute atomic E-state index is 0.274. The fourth-order valence-corrected chi connectivity index (χ4v) is 4.33. The van der Waals surface area contributed by atoms with Gasteiger partial charge in [-0.3, -0.25) is 4.79 Å². The second-order valence-corrected chi connectivity index (χ2v) is 7.32. The Morgan fingerprint density at radius 3 is 2.43 bits per heavy atom. The lowest BCUT2D eigenvalue weighted by Gasteiger charge is -2.53. The van der Waals surface area contributed by atoms with Gasteiger partial charge in [-0.25, -0.2) is 0 Å². The van der Waals surface area contributed by atoms with Crippen molar-refractivity contribution in [2.75, 3.05) is 25.1 Å². The smallest absolute Gasteiger partial charge is 0.314 e. The van der Waals surface area contributed by atoms with E-state index in [0.717, 1.165) is 11.6 Å². The van der Waals surface area contributed by atoms with Crippen molar-refractivity contribution < 1.29 is 14.6 Å². The molecule has 116 valence electrons. The third kappa shape index (κ3) is 2.31. The van der Waals surface area contributed by atoms with Gasteiger partial charge in [-0.1, -0.05) is 17.8 Å². The first-order chi connectivity index (χ1) is 10.0. The maximum absolute atomic E-state index is 12.1. The van der Waals surface area contributed by atoms with E-state index < -0.39 is 11.0 Å². The number of nitrogens with zero attached hydrogens (tertiary/aromatic N) is 3. The first kappa shape index (κ1) is 15.0. The van der Waals surface area contributed by atoms with Crippen LogP contribution in [0.1, 0.15) is 32.1 Å². The molecule has 0 radical (unpaired) electrons. The van der Waals surface area contributed by atoms with Gasteiger partial charge in [-0.05, 0) is 37.3 Å². The number of esters is 1. The maximum atomic E-state index is 12.1. The van der Waals surface area contributed by atoms with Crippen LogP contribution in [0, 0.1) is 5.41 Å². The lowest BCUT2D eigenvalue weighted by Crippen LogP contribution is -2.61. The molecule has 1 saturated heterocycles. The molecule has 1 aromatic rings. The molecule has 1 aromatic heterocycles. The van der Waals surface area contributed by atoms with Crippen LogP contribution in [0.3, 0.4) is 0 Å². The molecule has 0 atom stereocenters. The molecule has 3 rings (SSSR count). The molecular weight excluding hydrogens is 314 g/mol. The standard InChI is InChI=1S/C13H18ClN3O3S/c1-20-9(18)12(3-2-4-12)13(19)5-7-17(8-6-13)11-16-15-10(14)21-11/h19H,2-8H2,1H3. The van der Waals surface area contributed by atoms with Crippen LogP contribution in [-0.4, -0.2) is 47.1 Å². The molecule has 0 aromatic carbocycles. The van der Waals surface area contributed by atoms with Gasteiger partial charge in [-0.15, -0.1) is 10.2 Å². The molecule has 1 aliphatic carbocycles. The number of hydrogen-bond donors (Lipinski definition) is 1. The Labute approximate surface area is 132 Å². The van der Waals surface area contributed by atoms with E-state index in [4.69, 9.17) is 16.3 Å². The van der Waals surface area contributed by atoms with Crippen LogP contribution in [0.4, 0.5) is 5.13 Å². The molecule has 1 N–H and O–H groups in total. The summed E-state index contributed by atoms with van der Waals surface area (Å²) in [6.07, 6.45) is 3.44. The molecule has 21 heavy (non-hydrogen) atoms. The zero-order valence-corrected chi connectivity index (χ0v) is 13.4. The lowest BCUT2D eigenvalue weighted by molar-refractivity contribution is -0.192. The number of carbonyl (C=O) groups excluding carboxylic acids is 1. The summed E-state index contributed by atoms with van der Waals surface area (Å²) < 4.78 is 5.35. The molecular formula is C13H18ClN3O3S. The Bertz CT molecular complexity index is 539. The third-order valence-electron chi connectivity index (χ3n) is 4.92. The number of aliphatic hydroxyl groups is 1. The predicted molar refractivity (Wildman–Crippen MR) is 79.6 cm³/mol. The van der Waals surface area contributed by atoms with Crippen molar-refractivity contribution in [1.82, 2.24) is 10.2 Å². The normalized spacial score (nSPS) is 23.5. The number of rotatable bonds is 3. The number of carbonyl (C=O) groups is 1. The first-order valence-electron chi connectivity index (χ1n) is 7.05. The van der Waals surface area contributed by atoms with Crippen molar-refractivity contribution in [2.24, 2.45) is 5.41 Å². The van der Waals surface area contributed by atoms with E-state index in [1.54, 1.807) is 0 Å². The maximum Gasteiger partial charge on any atom is 0.314 e. The average molecular weight is 332 g/mol. The van der Waals surface area contributed by atoms with E-state index >= 15 is 0 Å². The van der Waals surface area contributed by atoms with Gasteiger partial charge >= 0.3 is 5.97 Å². The number of hydrogen-bond acceptors (Lipinski definition) is 7. The van der Waals surface area contributed by atoms with E-state index in [0.29, 0.717) is 43.2 Å². The van der Waals surface area contributed by atoms with Crippen molar-refractivity contribution in [1.29, 1.82) is 0 Å². The van der Waals surface area contributed by atoms with Crippen LogP contribution in [-0.2, 0) is 9.53 Å². The minimum atomic E-state index is -0.983. The Morgan fingerprint density at radius 2 is 2.00 bits per heavy atom. The number of piperidine rings is 1. The molecule has 1 aliphatic heterocycles. The summed E-state index contributed by atoms with van der Waals surface area (Å²) in [6.45, 7) is 1.28. The molecule has 0 amide bonds. The predicted octanol–water partition coefficient (Wildman–Crippen LogP) is 1.87. The molecule has 2 fully saturated rings. The van der Waals surface area contributed by atoms with Gasteiger partial charge in [0.1, 0.15) is 0 Å². The van der Waals surface area contributed by atoms with Crippen LogP contribution in [0.2, 0.25) is 4.47 Å². The quantitative estimate of drug-likeness (QED) is 0.852. The second kappa shape index (κ2) is 5.37. The van der Waals surface area contributed by atoms with Crippen molar-refractivity contribution in [3.8, 4) is 0 Å². The first-order valence-corrected chi connectivity index (χ1v) is 8.25. The van der Waals surface area contributed by atoms with Crippen molar-refractivity contribution in [3.05, 3.63) is 4.47 Å². The fraction of sp³-hybridized carbons (Fsp3) is 0.769. The summed E-state index contributed by atoms with van der Waals surface area (Å²) in [4.78, 5) is 14.2. The lowest BCUT2D eigenvalue weighted by atomic mass is 9.56. The fourth-order valence-electron chi connectivity index (χ4n) is 3.46. The molecule has 1 saturated carbocycles. The van der Waals surface area contributed by atoms with E-state index in [1.807, 2.05) is 0 Å². The van der Waals surface area contributed by atoms with Crippen molar-refractivity contribution >= 4 is 34.0 Å². The summed E-state index contributed by atoms with van der Waals surface area (Å²) >= 11 is 7.14. The number of halogens is 1. The minimum Gasteiger partial charge on any atom is -0.469 e. The topological polar surface area (TPSA) is 75.6 Å². The number of anilines is 1. The summed E-state index contributed by atoms with van der Waals surface area (Å²) in [6, 6.07) is 0. The molecule has 0 bridgehead atoms. The molecule has 0 unspecified atom stereocenters. The van der Waals surface area contributed by atoms with E-state index in [1.165, 1.54) is 18.4 Å². The summed E-state index contributed by atoms with van der Waals surface area (Å²) in [5.74, 6) is -0.274. The van der Waals surface area contributed by atoms with Gasteiger partial charge in [0.2, 0.25) is 9.60 Å². The van der Waals surface area contributed by atoms with Crippen molar-refractivity contribution in [2.45, 2.75) is 37.7 Å². The molecule has 6 nitrogen and oxygen atoms in total. The van der Waals surface area contributed by atoms with Crippen molar-refractivity contribution in [3.63, 3.8) is 0 Å². The monoisotopic (exact) mass is 331 g/mol. The van der Waals surface area contributed by atoms with Gasteiger partial charge in [-0.2, -0.15) is 0 Å². The Morgan fingerprint density at radius 1 is 1.33 bits per heavy atom. The van der Waals surface area contributed by atoms with Gasteiger partial charge in [0.05, 0.1) is 18.1 Å². The highest BCUT2D eigenvalue weighted by Gasteiger charge is 2.60. The number of aromatic nitrogens is 2. The van der Waals surface area contributed by atoms with Crippen LogP contribution in [0.15, 0.2) is 0 Å². The van der Waals surface area contributed by atoms with Crippen LogP contribution in [0.5, 0.6) is 0 Å². The zero-order valence-electron chi connectivity index (χ0n) is 11.8. The van der Waals surface area contributed by atoms with E-state index in [-0.39, 0.29) is 5.97 Å². The Kier molecular flexibility index (Phi) is 3.83. The SMILES string of the molecule is COC(=O)C1(C2(O)CCN(c3nnc(Cl)s3)CC2)CCC1. The Balaban J connectivity index is 1.73. The van der Waals surface area contributed by atoms with Gasteiger partial charge in [0, 0.05) is 13.1 Å². The van der Waals surface area contributed by atoms with Gasteiger partial charge in [0.25, 0.3) is 0 Å². The zero-order chi connectivity index (χ0) is 15.1. The number of ether oxygens (including phenoxy) is 1. The summed E-state index contributed by atoms with van der Waals surface area (Å²) in [5.41, 5.74) is -1.70. The largest absolute Gasteiger partial charge is 0.469 e.